The number of carboxylic acid groups (broad SMARTS) is 1. The van der Waals surface area contributed by atoms with Gasteiger partial charge < -0.3 is 14.6 Å². The number of carbonyl (C=O) groups excluding carboxylic acids is 1. The van der Waals surface area contributed by atoms with Crippen LogP contribution in [0.2, 0.25) is 0 Å². The van der Waals surface area contributed by atoms with Gasteiger partial charge in [-0.05, 0) is 31.9 Å². The molecule has 0 amide bonds. The lowest BCUT2D eigenvalue weighted by Gasteiger charge is -2.34. The second-order valence-electron chi connectivity index (χ2n) is 6.27. The van der Waals surface area contributed by atoms with E-state index in [0.717, 1.165) is 12.8 Å². The van der Waals surface area contributed by atoms with E-state index in [1.54, 1.807) is 19.1 Å². The van der Waals surface area contributed by atoms with Crippen LogP contribution in [0.3, 0.4) is 0 Å². The molecule has 1 N–H and O–H groups in total. The number of esters is 1. The van der Waals surface area contributed by atoms with Gasteiger partial charge in [0, 0.05) is 13.0 Å². The zero-order valence-corrected chi connectivity index (χ0v) is 14.8. The summed E-state index contributed by atoms with van der Waals surface area (Å²) in [6.07, 6.45) is 1.74. The molecule has 0 radical (unpaired) electrons. The topological polar surface area (TPSA) is 116 Å². The van der Waals surface area contributed by atoms with Crippen LogP contribution in [0.25, 0.3) is 11.4 Å². The van der Waals surface area contributed by atoms with Crippen molar-refractivity contribution >= 4 is 11.9 Å². The van der Waals surface area contributed by atoms with Gasteiger partial charge in [-0.15, -0.1) is 5.10 Å². The Kier molecular flexibility index (Phi) is 4.88. The van der Waals surface area contributed by atoms with Crippen LogP contribution < -0.4 is 4.74 Å². The van der Waals surface area contributed by atoms with Gasteiger partial charge in [0.2, 0.25) is 0 Å². The van der Waals surface area contributed by atoms with E-state index in [9.17, 15) is 14.7 Å². The average Bonchev–Trinajstić information content (AvgIpc) is 2.97. The third kappa shape index (κ3) is 3.24. The quantitative estimate of drug-likeness (QED) is 0.770. The van der Waals surface area contributed by atoms with E-state index in [0.29, 0.717) is 23.7 Å². The number of aromatic nitrogens is 4. The highest BCUT2D eigenvalue weighted by molar-refractivity contribution is 5.92. The Bertz CT molecular complexity index is 848. The van der Waals surface area contributed by atoms with Crippen molar-refractivity contribution in [3.8, 4) is 17.1 Å². The van der Waals surface area contributed by atoms with Gasteiger partial charge in [0.05, 0.1) is 31.0 Å². The summed E-state index contributed by atoms with van der Waals surface area (Å²) < 4.78 is 11.8. The van der Waals surface area contributed by atoms with Crippen LogP contribution in [-0.2, 0) is 16.6 Å². The molecule has 26 heavy (non-hydrogen) atoms. The van der Waals surface area contributed by atoms with Crippen molar-refractivity contribution < 1.29 is 24.2 Å². The minimum atomic E-state index is -1.12. The molecule has 2 aromatic heterocycles. The summed E-state index contributed by atoms with van der Waals surface area (Å²) in [5.74, 6) is -0.694. The second kappa shape index (κ2) is 7.11. The van der Waals surface area contributed by atoms with Crippen molar-refractivity contribution in [2.24, 2.45) is 18.9 Å². The summed E-state index contributed by atoms with van der Waals surface area (Å²) in [5, 5.41) is 16.9. The van der Waals surface area contributed by atoms with E-state index >= 15 is 0 Å². The fourth-order valence-electron chi connectivity index (χ4n) is 3.03. The molecule has 2 atom stereocenters. The van der Waals surface area contributed by atoms with Gasteiger partial charge in [0.15, 0.2) is 5.69 Å². The van der Waals surface area contributed by atoms with Crippen molar-refractivity contribution in [2.75, 3.05) is 13.7 Å². The minimum Gasteiger partial charge on any atom is -0.491 e. The number of aryl methyl sites for hydroxylation is 2. The molecular weight excluding hydrogens is 340 g/mol. The molecule has 138 valence electrons. The molecular formula is C17H20N4O5. The first-order valence-corrected chi connectivity index (χ1v) is 8.24. The molecule has 9 nitrogen and oxygen atoms in total. The molecule has 0 spiro atoms. The number of hydrogen-bond acceptors (Lipinski definition) is 7. The van der Waals surface area contributed by atoms with Gasteiger partial charge in [-0.1, -0.05) is 5.21 Å². The lowest BCUT2D eigenvalue weighted by molar-refractivity contribution is -0.152. The fraction of sp³-hybridized carbons (Fsp3) is 0.471. The van der Waals surface area contributed by atoms with E-state index in [-0.39, 0.29) is 29.2 Å². The first kappa shape index (κ1) is 17.8. The largest absolute Gasteiger partial charge is 0.491 e. The van der Waals surface area contributed by atoms with E-state index in [4.69, 9.17) is 9.47 Å². The van der Waals surface area contributed by atoms with Crippen molar-refractivity contribution in [3.63, 3.8) is 0 Å². The third-order valence-electron chi connectivity index (χ3n) is 4.68. The highest BCUT2D eigenvalue weighted by atomic mass is 16.5. The maximum absolute atomic E-state index is 11.6. The molecule has 1 aliphatic rings. The Morgan fingerprint density at radius 3 is 2.69 bits per heavy atom. The molecule has 1 saturated carbocycles. The number of carbonyl (C=O) groups is 2. The molecule has 1 fully saturated rings. The molecule has 0 bridgehead atoms. The van der Waals surface area contributed by atoms with Crippen LogP contribution in [0.1, 0.15) is 29.0 Å². The Balaban J connectivity index is 1.73. The van der Waals surface area contributed by atoms with E-state index < -0.39 is 5.97 Å². The Morgan fingerprint density at radius 2 is 2.12 bits per heavy atom. The van der Waals surface area contributed by atoms with E-state index in [2.05, 4.69) is 15.3 Å². The number of ether oxygens (including phenoxy) is 2. The molecule has 2 aromatic rings. The van der Waals surface area contributed by atoms with Crippen molar-refractivity contribution in [3.05, 3.63) is 23.5 Å². The summed E-state index contributed by atoms with van der Waals surface area (Å²) >= 11 is 0. The molecule has 3 rings (SSSR count). The minimum absolute atomic E-state index is 0.0269. The number of pyridine rings is 1. The Morgan fingerprint density at radius 1 is 1.35 bits per heavy atom. The van der Waals surface area contributed by atoms with E-state index in [1.165, 1.54) is 18.8 Å². The van der Waals surface area contributed by atoms with Crippen LogP contribution in [0.5, 0.6) is 5.75 Å². The maximum atomic E-state index is 11.6. The van der Waals surface area contributed by atoms with Crippen molar-refractivity contribution in [1.29, 1.82) is 0 Å². The fourth-order valence-corrected chi connectivity index (χ4v) is 3.03. The van der Waals surface area contributed by atoms with Crippen molar-refractivity contribution in [2.45, 2.75) is 19.8 Å². The average molecular weight is 360 g/mol. The Labute approximate surface area is 149 Å². The molecule has 9 heteroatoms. The summed E-state index contributed by atoms with van der Waals surface area (Å²) in [7, 11) is 2.91. The maximum Gasteiger partial charge on any atom is 0.356 e. The molecule has 2 heterocycles. The smallest absolute Gasteiger partial charge is 0.356 e. The summed E-state index contributed by atoms with van der Waals surface area (Å²) in [4.78, 5) is 27.4. The normalized spacial score (nSPS) is 18.9. The number of rotatable bonds is 6. The second-order valence-corrected chi connectivity index (χ2v) is 6.27. The van der Waals surface area contributed by atoms with Gasteiger partial charge in [0.25, 0.3) is 0 Å². The number of carboxylic acids is 1. The van der Waals surface area contributed by atoms with Gasteiger partial charge in [0.1, 0.15) is 11.4 Å². The number of nitrogens with zero attached hydrogens (tertiary/aromatic N) is 4. The highest BCUT2D eigenvalue weighted by Crippen LogP contribution is 2.36. The van der Waals surface area contributed by atoms with Gasteiger partial charge in [-0.2, -0.15) is 0 Å². The predicted molar refractivity (Wildman–Crippen MR) is 89.7 cm³/mol. The number of aromatic carboxylic acids is 1. The third-order valence-corrected chi connectivity index (χ3v) is 4.68. The van der Waals surface area contributed by atoms with Crippen molar-refractivity contribution in [1.82, 2.24) is 20.0 Å². The van der Waals surface area contributed by atoms with Crippen LogP contribution in [0.15, 0.2) is 12.1 Å². The van der Waals surface area contributed by atoms with Gasteiger partial charge >= 0.3 is 11.9 Å². The molecule has 0 unspecified atom stereocenters. The van der Waals surface area contributed by atoms with Gasteiger partial charge in [-0.3, -0.25) is 4.79 Å². The first-order chi connectivity index (χ1) is 12.4. The number of methoxy groups -OCH3 is 1. The standard InChI is InChI=1S/C17H20N4O5/c1-9-13(26-8-10-4-5-11(10)17(24)25-3)7-6-12(18-9)14-15(16(22)23)21(2)20-19-14/h6-7,10-11H,4-5,8H2,1-3H3,(H,22,23)/t10-,11+/m0/s1. The molecule has 0 saturated heterocycles. The monoisotopic (exact) mass is 360 g/mol. The predicted octanol–water partition coefficient (Wildman–Crippen LogP) is 1.46. The lowest BCUT2D eigenvalue weighted by atomic mass is 9.74. The SMILES string of the molecule is COC(=O)[C@@H]1CC[C@H]1COc1ccc(-c2nnn(C)c2C(=O)O)nc1C. The zero-order chi connectivity index (χ0) is 18.8. The summed E-state index contributed by atoms with van der Waals surface area (Å²) in [6, 6.07) is 3.38. The molecule has 0 aliphatic heterocycles. The van der Waals surface area contributed by atoms with Crippen LogP contribution in [0.4, 0.5) is 0 Å². The molecule has 0 aromatic carbocycles. The first-order valence-electron chi connectivity index (χ1n) is 8.24. The van der Waals surface area contributed by atoms with Crippen LogP contribution >= 0.6 is 0 Å². The van der Waals surface area contributed by atoms with Crippen LogP contribution in [0, 0.1) is 18.8 Å². The summed E-state index contributed by atoms with van der Waals surface area (Å²) in [6.45, 7) is 2.18. The Hall–Kier alpha value is -2.97. The number of hydrogen-bond donors (Lipinski definition) is 1. The van der Waals surface area contributed by atoms with Gasteiger partial charge in [-0.25, -0.2) is 14.5 Å². The highest BCUT2D eigenvalue weighted by Gasteiger charge is 2.37. The molecule has 1 aliphatic carbocycles. The summed E-state index contributed by atoms with van der Waals surface area (Å²) in [5.41, 5.74) is 1.20. The zero-order valence-electron chi connectivity index (χ0n) is 14.8. The van der Waals surface area contributed by atoms with E-state index in [1.807, 2.05) is 0 Å². The van der Waals surface area contributed by atoms with Crippen LogP contribution in [-0.4, -0.2) is 50.7 Å². The lowest BCUT2D eigenvalue weighted by Crippen LogP contribution is -2.37.